The number of hydrogen-bond donors (Lipinski definition) is 2. The molecule has 1 aliphatic heterocycles. The van der Waals surface area contributed by atoms with Gasteiger partial charge in [-0.05, 0) is 44.2 Å². The summed E-state index contributed by atoms with van der Waals surface area (Å²) < 4.78 is 13.7. The fourth-order valence-corrected chi connectivity index (χ4v) is 3.51. The molecule has 1 fully saturated rings. The number of rotatable bonds is 5. The average Bonchev–Trinajstić information content (AvgIpc) is 2.73. The van der Waals surface area contributed by atoms with Crippen molar-refractivity contribution >= 4 is 17.5 Å². The Hall–Kier alpha value is -2.77. The lowest BCUT2D eigenvalue weighted by molar-refractivity contribution is -0.136. The van der Waals surface area contributed by atoms with Gasteiger partial charge in [-0.15, -0.1) is 0 Å². The summed E-state index contributed by atoms with van der Waals surface area (Å²) in [5.41, 5.74) is 3.01. The highest BCUT2D eigenvalue weighted by molar-refractivity contribution is 6.39. The molecule has 0 spiro atoms. The van der Waals surface area contributed by atoms with Crippen molar-refractivity contribution in [2.24, 2.45) is 0 Å². The lowest BCUT2D eigenvalue weighted by Gasteiger charge is -2.38. The molecule has 3 rings (SSSR count). The van der Waals surface area contributed by atoms with E-state index in [4.69, 9.17) is 0 Å². The Morgan fingerprint density at radius 3 is 2.30 bits per heavy atom. The Balaban J connectivity index is 1.65. The third-order valence-electron chi connectivity index (χ3n) is 5.53. The minimum Gasteiger partial charge on any atom is -0.346 e. The summed E-state index contributed by atoms with van der Waals surface area (Å²) in [5.74, 6) is -1.97. The van der Waals surface area contributed by atoms with Crippen LogP contribution < -0.4 is 10.6 Å². The van der Waals surface area contributed by atoms with Gasteiger partial charge < -0.3 is 15.5 Å². The molecule has 1 aliphatic rings. The first kappa shape index (κ1) is 21.9. The first-order chi connectivity index (χ1) is 14.3. The summed E-state index contributed by atoms with van der Waals surface area (Å²) in [6.45, 7) is 7.68. The number of nitrogens with one attached hydrogen (secondary N) is 2. The van der Waals surface area contributed by atoms with Gasteiger partial charge in [0.15, 0.2) is 0 Å². The Bertz CT molecular complexity index is 893. The van der Waals surface area contributed by atoms with E-state index >= 15 is 0 Å². The molecule has 2 aromatic carbocycles. The standard InChI is InChI=1S/C23H29FN4O2/c1-16-4-7-18(8-5-16)21(28-12-10-27(3)11-13-28)15-25-22(29)23(30)26-19-9-6-17(2)20(24)14-19/h4-9,14,21H,10-13,15H2,1-3H3,(H,25,29)(H,26,30)/t21-/m0/s1. The van der Waals surface area contributed by atoms with Crippen LogP contribution in [0.1, 0.15) is 22.7 Å². The van der Waals surface area contributed by atoms with E-state index in [1.54, 1.807) is 19.1 Å². The summed E-state index contributed by atoms with van der Waals surface area (Å²) >= 11 is 0. The molecule has 0 bridgehead atoms. The first-order valence-electron chi connectivity index (χ1n) is 10.2. The lowest BCUT2D eigenvalue weighted by atomic mass is 10.0. The molecule has 7 heteroatoms. The van der Waals surface area contributed by atoms with E-state index < -0.39 is 17.6 Å². The number of benzene rings is 2. The van der Waals surface area contributed by atoms with Crippen molar-refractivity contribution in [2.75, 3.05) is 45.1 Å². The monoisotopic (exact) mass is 412 g/mol. The van der Waals surface area contributed by atoms with Crippen molar-refractivity contribution in [3.05, 3.63) is 65.0 Å². The number of nitrogens with zero attached hydrogens (tertiary/aromatic N) is 2. The molecule has 0 saturated carbocycles. The maximum atomic E-state index is 13.7. The van der Waals surface area contributed by atoms with E-state index in [1.165, 1.54) is 11.6 Å². The molecule has 0 aromatic heterocycles. The van der Waals surface area contributed by atoms with Crippen LogP contribution in [0.2, 0.25) is 0 Å². The molecule has 2 aromatic rings. The van der Waals surface area contributed by atoms with E-state index in [9.17, 15) is 14.0 Å². The van der Waals surface area contributed by atoms with E-state index in [0.717, 1.165) is 31.7 Å². The van der Waals surface area contributed by atoms with Crippen molar-refractivity contribution in [1.82, 2.24) is 15.1 Å². The SMILES string of the molecule is Cc1ccc([C@H](CNC(=O)C(=O)Nc2ccc(C)c(F)c2)N2CCN(C)CC2)cc1. The van der Waals surface area contributed by atoms with Crippen LogP contribution in [0.5, 0.6) is 0 Å². The van der Waals surface area contributed by atoms with Gasteiger partial charge >= 0.3 is 11.8 Å². The Morgan fingerprint density at radius 1 is 1.00 bits per heavy atom. The molecule has 0 unspecified atom stereocenters. The number of aryl methyl sites for hydroxylation is 2. The van der Waals surface area contributed by atoms with Crippen molar-refractivity contribution in [1.29, 1.82) is 0 Å². The predicted octanol–water partition coefficient (Wildman–Crippen LogP) is 2.49. The highest BCUT2D eigenvalue weighted by Gasteiger charge is 2.25. The van der Waals surface area contributed by atoms with Gasteiger partial charge in [-0.3, -0.25) is 14.5 Å². The molecule has 6 nitrogen and oxygen atoms in total. The van der Waals surface area contributed by atoms with E-state index in [-0.39, 0.29) is 11.7 Å². The third-order valence-corrected chi connectivity index (χ3v) is 5.53. The smallest absolute Gasteiger partial charge is 0.313 e. The van der Waals surface area contributed by atoms with Crippen LogP contribution in [0.4, 0.5) is 10.1 Å². The summed E-state index contributed by atoms with van der Waals surface area (Å²) in [5, 5.41) is 5.21. The van der Waals surface area contributed by atoms with Gasteiger partial charge in [-0.25, -0.2) is 4.39 Å². The van der Waals surface area contributed by atoms with E-state index in [1.807, 2.05) is 6.92 Å². The maximum Gasteiger partial charge on any atom is 0.313 e. The zero-order valence-electron chi connectivity index (χ0n) is 17.7. The summed E-state index contributed by atoms with van der Waals surface area (Å²) in [4.78, 5) is 29.2. The molecule has 1 heterocycles. The minimum absolute atomic E-state index is 0.0205. The molecule has 0 aliphatic carbocycles. The van der Waals surface area contributed by atoms with Crippen molar-refractivity contribution in [3.63, 3.8) is 0 Å². The molecule has 30 heavy (non-hydrogen) atoms. The zero-order chi connectivity index (χ0) is 21.7. The maximum absolute atomic E-state index is 13.7. The van der Waals surface area contributed by atoms with Gasteiger partial charge in [0.2, 0.25) is 0 Å². The second-order valence-corrected chi connectivity index (χ2v) is 7.89. The lowest BCUT2D eigenvalue weighted by Crippen LogP contribution is -2.49. The number of amides is 2. The van der Waals surface area contributed by atoms with Crippen LogP contribution in [0.25, 0.3) is 0 Å². The van der Waals surface area contributed by atoms with Crippen molar-refractivity contribution in [3.8, 4) is 0 Å². The van der Waals surface area contributed by atoms with Gasteiger partial charge in [0.05, 0.1) is 6.04 Å². The molecule has 2 amide bonds. The molecule has 1 saturated heterocycles. The summed E-state index contributed by atoms with van der Waals surface area (Å²) in [6, 6.07) is 12.6. The second-order valence-electron chi connectivity index (χ2n) is 7.89. The van der Waals surface area contributed by atoms with Crippen molar-refractivity contribution in [2.45, 2.75) is 19.9 Å². The number of hydrogen-bond acceptors (Lipinski definition) is 4. The van der Waals surface area contributed by atoms with Crippen LogP contribution in [0.15, 0.2) is 42.5 Å². The van der Waals surface area contributed by atoms with E-state index in [0.29, 0.717) is 12.1 Å². The van der Waals surface area contributed by atoms with Crippen LogP contribution in [0, 0.1) is 19.7 Å². The van der Waals surface area contributed by atoms with Gasteiger partial charge in [0.25, 0.3) is 0 Å². The number of halogens is 1. The highest BCUT2D eigenvalue weighted by atomic mass is 19.1. The highest BCUT2D eigenvalue weighted by Crippen LogP contribution is 2.22. The topological polar surface area (TPSA) is 64.7 Å². The van der Waals surface area contributed by atoms with Crippen LogP contribution >= 0.6 is 0 Å². The first-order valence-corrected chi connectivity index (χ1v) is 10.2. The fourth-order valence-electron chi connectivity index (χ4n) is 3.51. The molecule has 0 radical (unpaired) electrons. The fraction of sp³-hybridized carbons (Fsp3) is 0.391. The molecular formula is C23H29FN4O2. The Kier molecular flexibility index (Phi) is 7.18. The number of piperazine rings is 1. The molecular weight excluding hydrogens is 383 g/mol. The van der Waals surface area contributed by atoms with E-state index in [2.05, 4.69) is 51.7 Å². The minimum atomic E-state index is -0.806. The zero-order valence-corrected chi connectivity index (χ0v) is 17.7. The Morgan fingerprint density at radius 2 is 1.67 bits per heavy atom. The van der Waals surface area contributed by atoms with Gasteiger partial charge in [-0.2, -0.15) is 0 Å². The van der Waals surface area contributed by atoms with Gasteiger partial charge in [-0.1, -0.05) is 35.9 Å². The Labute approximate surface area is 177 Å². The third kappa shape index (κ3) is 5.64. The predicted molar refractivity (Wildman–Crippen MR) is 116 cm³/mol. The summed E-state index contributed by atoms with van der Waals surface area (Å²) in [7, 11) is 2.10. The quantitative estimate of drug-likeness (QED) is 0.741. The normalized spacial score (nSPS) is 16.1. The second kappa shape index (κ2) is 9.82. The summed E-state index contributed by atoms with van der Waals surface area (Å²) in [6.07, 6.45) is 0. The van der Waals surface area contributed by atoms with Crippen LogP contribution in [0.3, 0.4) is 0 Å². The molecule has 160 valence electrons. The number of carbonyl (C=O) groups is 2. The van der Waals surface area contributed by atoms with Gasteiger partial charge in [0, 0.05) is 38.4 Å². The van der Waals surface area contributed by atoms with Crippen LogP contribution in [-0.2, 0) is 9.59 Å². The van der Waals surface area contributed by atoms with Gasteiger partial charge in [0.1, 0.15) is 5.82 Å². The molecule has 2 N–H and O–H groups in total. The number of anilines is 1. The largest absolute Gasteiger partial charge is 0.346 e. The number of carbonyl (C=O) groups excluding carboxylic acids is 2. The average molecular weight is 413 g/mol. The molecule has 1 atom stereocenters. The van der Waals surface area contributed by atoms with Crippen LogP contribution in [-0.4, -0.2) is 61.4 Å². The van der Waals surface area contributed by atoms with Crippen molar-refractivity contribution < 1.29 is 14.0 Å². The number of likely N-dealkylation sites (N-methyl/N-ethyl adjacent to an activating group) is 1.